The first kappa shape index (κ1) is 15.1. The number of amides is 1. The summed E-state index contributed by atoms with van der Waals surface area (Å²) in [4.78, 5) is 11.2. The standard InChI is InChI=1S/C16H26N2O2/c1-5-6-7-14-10-13(18-20-14)8-12-9-15(16(12,3)4)17-11(2)19/h10,12,15H,5-9H2,1-4H3,(H,17,19). The summed E-state index contributed by atoms with van der Waals surface area (Å²) in [5, 5.41) is 7.22. The number of aryl methyl sites for hydroxylation is 1. The molecule has 0 aromatic carbocycles. The molecule has 20 heavy (non-hydrogen) atoms. The molecule has 0 aliphatic heterocycles. The molecule has 0 radical (unpaired) electrons. The Balaban J connectivity index is 1.88. The van der Waals surface area contributed by atoms with Crippen molar-refractivity contribution in [2.75, 3.05) is 0 Å². The van der Waals surface area contributed by atoms with E-state index in [1.54, 1.807) is 6.92 Å². The first-order valence-corrected chi connectivity index (χ1v) is 7.65. The molecule has 0 spiro atoms. The maximum atomic E-state index is 11.2. The molecular formula is C16H26N2O2. The molecule has 4 nitrogen and oxygen atoms in total. The smallest absolute Gasteiger partial charge is 0.217 e. The van der Waals surface area contributed by atoms with Gasteiger partial charge in [0, 0.05) is 25.5 Å². The number of rotatable bonds is 6. The SMILES string of the molecule is CCCCc1cc(CC2CC(NC(C)=O)C2(C)C)no1. The Morgan fingerprint density at radius 2 is 2.30 bits per heavy atom. The fourth-order valence-corrected chi connectivity index (χ4v) is 3.03. The highest BCUT2D eigenvalue weighted by Crippen LogP contribution is 2.47. The molecule has 1 aromatic rings. The lowest BCUT2D eigenvalue weighted by atomic mass is 9.57. The van der Waals surface area contributed by atoms with Crippen LogP contribution in [0.2, 0.25) is 0 Å². The van der Waals surface area contributed by atoms with Crippen LogP contribution >= 0.6 is 0 Å². The van der Waals surface area contributed by atoms with Crippen LogP contribution in [0.3, 0.4) is 0 Å². The number of nitrogens with one attached hydrogen (secondary N) is 1. The summed E-state index contributed by atoms with van der Waals surface area (Å²) in [5.74, 6) is 1.62. The number of unbranched alkanes of at least 4 members (excludes halogenated alkanes) is 1. The predicted octanol–water partition coefficient (Wildman–Crippen LogP) is 3.11. The van der Waals surface area contributed by atoms with E-state index in [0.29, 0.717) is 5.92 Å². The monoisotopic (exact) mass is 278 g/mol. The molecule has 2 rings (SSSR count). The van der Waals surface area contributed by atoms with E-state index in [1.807, 2.05) is 0 Å². The van der Waals surface area contributed by atoms with Gasteiger partial charge in [0.05, 0.1) is 5.69 Å². The lowest BCUT2D eigenvalue weighted by Gasteiger charge is -2.52. The molecule has 1 amide bonds. The maximum absolute atomic E-state index is 11.2. The molecule has 1 aliphatic carbocycles. The van der Waals surface area contributed by atoms with Crippen molar-refractivity contribution >= 4 is 5.91 Å². The van der Waals surface area contributed by atoms with Gasteiger partial charge in [0.1, 0.15) is 5.76 Å². The van der Waals surface area contributed by atoms with Gasteiger partial charge in [-0.2, -0.15) is 0 Å². The van der Waals surface area contributed by atoms with Crippen LogP contribution in [0.1, 0.15) is 58.4 Å². The highest BCUT2D eigenvalue weighted by Gasteiger charge is 2.48. The number of hydrogen-bond donors (Lipinski definition) is 1. The number of carbonyl (C=O) groups is 1. The normalized spacial score (nSPS) is 24.2. The van der Waals surface area contributed by atoms with Gasteiger partial charge in [-0.1, -0.05) is 32.3 Å². The van der Waals surface area contributed by atoms with Gasteiger partial charge >= 0.3 is 0 Å². The highest BCUT2D eigenvalue weighted by atomic mass is 16.5. The van der Waals surface area contributed by atoms with Crippen LogP contribution in [-0.2, 0) is 17.6 Å². The third-order valence-corrected chi connectivity index (χ3v) is 4.69. The summed E-state index contributed by atoms with van der Waals surface area (Å²) < 4.78 is 5.38. The molecule has 1 fully saturated rings. The summed E-state index contributed by atoms with van der Waals surface area (Å²) in [6.45, 7) is 8.21. The fourth-order valence-electron chi connectivity index (χ4n) is 3.03. The van der Waals surface area contributed by atoms with E-state index in [1.165, 1.54) is 6.42 Å². The van der Waals surface area contributed by atoms with E-state index in [9.17, 15) is 4.79 Å². The number of carbonyl (C=O) groups excluding carboxylic acids is 1. The van der Waals surface area contributed by atoms with Gasteiger partial charge < -0.3 is 9.84 Å². The van der Waals surface area contributed by atoms with Crippen LogP contribution in [0, 0.1) is 11.3 Å². The third kappa shape index (κ3) is 3.22. The Hall–Kier alpha value is -1.32. The second-order valence-corrected chi connectivity index (χ2v) is 6.60. The zero-order valence-corrected chi connectivity index (χ0v) is 13.0. The van der Waals surface area contributed by atoms with E-state index in [4.69, 9.17) is 4.52 Å². The van der Waals surface area contributed by atoms with Gasteiger partial charge in [-0.05, 0) is 30.6 Å². The van der Waals surface area contributed by atoms with E-state index < -0.39 is 0 Å². The first-order valence-electron chi connectivity index (χ1n) is 7.65. The molecule has 1 N–H and O–H groups in total. The molecule has 1 saturated carbocycles. The van der Waals surface area contributed by atoms with Crippen LogP contribution in [0.5, 0.6) is 0 Å². The van der Waals surface area contributed by atoms with Gasteiger partial charge in [-0.25, -0.2) is 0 Å². The average Bonchev–Trinajstić information content (AvgIpc) is 2.82. The van der Waals surface area contributed by atoms with Gasteiger partial charge in [-0.3, -0.25) is 4.79 Å². The molecule has 112 valence electrons. The lowest BCUT2D eigenvalue weighted by Crippen LogP contribution is -2.58. The summed E-state index contributed by atoms with van der Waals surface area (Å²) in [6, 6.07) is 2.38. The summed E-state index contributed by atoms with van der Waals surface area (Å²) in [6.07, 6.45) is 5.27. The minimum atomic E-state index is 0.0600. The Labute approximate surface area is 121 Å². The summed E-state index contributed by atoms with van der Waals surface area (Å²) in [5.41, 5.74) is 1.18. The predicted molar refractivity (Wildman–Crippen MR) is 78.3 cm³/mol. The quantitative estimate of drug-likeness (QED) is 0.870. The largest absolute Gasteiger partial charge is 0.361 e. The Morgan fingerprint density at radius 1 is 1.55 bits per heavy atom. The summed E-state index contributed by atoms with van der Waals surface area (Å²) in [7, 11) is 0. The van der Waals surface area contributed by atoms with Crippen molar-refractivity contribution in [2.24, 2.45) is 11.3 Å². The molecule has 0 saturated heterocycles. The van der Waals surface area contributed by atoms with Crippen molar-refractivity contribution < 1.29 is 9.32 Å². The molecule has 2 unspecified atom stereocenters. The van der Waals surface area contributed by atoms with E-state index >= 15 is 0 Å². The zero-order chi connectivity index (χ0) is 14.8. The number of nitrogens with zero attached hydrogens (tertiary/aromatic N) is 1. The zero-order valence-electron chi connectivity index (χ0n) is 13.0. The molecule has 1 aromatic heterocycles. The Morgan fingerprint density at radius 3 is 2.90 bits per heavy atom. The van der Waals surface area contributed by atoms with Gasteiger partial charge in [0.2, 0.25) is 5.91 Å². The average molecular weight is 278 g/mol. The topological polar surface area (TPSA) is 55.1 Å². The fraction of sp³-hybridized carbons (Fsp3) is 0.750. The number of aromatic nitrogens is 1. The van der Waals surface area contributed by atoms with Crippen molar-refractivity contribution in [1.29, 1.82) is 0 Å². The van der Waals surface area contributed by atoms with Gasteiger partial charge in [0.15, 0.2) is 0 Å². The minimum absolute atomic E-state index is 0.0600. The van der Waals surface area contributed by atoms with Crippen molar-refractivity contribution in [3.63, 3.8) is 0 Å². The summed E-state index contributed by atoms with van der Waals surface area (Å²) >= 11 is 0. The third-order valence-electron chi connectivity index (χ3n) is 4.69. The molecule has 0 bridgehead atoms. The van der Waals surface area contributed by atoms with Gasteiger partial charge in [0.25, 0.3) is 0 Å². The van der Waals surface area contributed by atoms with E-state index in [-0.39, 0.29) is 17.4 Å². The highest BCUT2D eigenvalue weighted by molar-refractivity contribution is 5.73. The van der Waals surface area contributed by atoms with Crippen molar-refractivity contribution in [2.45, 2.75) is 65.8 Å². The number of hydrogen-bond acceptors (Lipinski definition) is 3. The van der Waals surface area contributed by atoms with Crippen LogP contribution < -0.4 is 5.32 Å². The molecule has 1 aliphatic rings. The van der Waals surface area contributed by atoms with Crippen LogP contribution in [-0.4, -0.2) is 17.1 Å². The van der Waals surface area contributed by atoms with E-state index in [2.05, 4.69) is 37.3 Å². The van der Waals surface area contributed by atoms with Crippen LogP contribution in [0.4, 0.5) is 0 Å². The molecule has 2 atom stereocenters. The van der Waals surface area contributed by atoms with Crippen LogP contribution in [0.15, 0.2) is 10.6 Å². The minimum Gasteiger partial charge on any atom is -0.361 e. The second-order valence-electron chi connectivity index (χ2n) is 6.60. The lowest BCUT2D eigenvalue weighted by molar-refractivity contribution is -0.123. The van der Waals surface area contributed by atoms with Crippen molar-refractivity contribution in [1.82, 2.24) is 10.5 Å². The maximum Gasteiger partial charge on any atom is 0.217 e. The molecular weight excluding hydrogens is 252 g/mol. The Kier molecular flexibility index (Phi) is 4.51. The molecule has 1 heterocycles. The Bertz CT molecular complexity index is 465. The first-order chi connectivity index (χ1) is 9.43. The van der Waals surface area contributed by atoms with Gasteiger partial charge in [-0.15, -0.1) is 0 Å². The second kappa shape index (κ2) is 5.98. The van der Waals surface area contributed by atoms with Crippen molar-refractivity contribution in [3.05, 3.63) is 17.5 Å². The molecule has 4 heteroatoms. The van der Waals surface area contributed by atoms with Crippen LogP contribution in [0.25, 0.3) is 0 Å². The van der Waals surface area contributed by atoms with Crippen molar-refractivity contribution in [3.8, 4) is 0 Å². The van der Waals surface area contributed by atoms with E-state index in [0.717, 1.165) is 37.1 Å².